The van der Waals surface area contributed by atoms with Gasteiger partial charge in [0.15, 0.2) is 11.4 Å². The Kier molecular flexibility index (Phi) is 5.97. The Morgan fingerprint density at radius 3 is 2.64 bits per heavy atom. The number of hydrogen-bond acceptors (Lipinski definition) is 7. The fourth-order valence-corrected chi connectivity index (χ4v) is 2.23. The van der Waals surface area contributed by atoms with Crippen LogP contribution in [-0.2, 0) is 4.74 Å². The van der Waals surface area contributed by atoms with Gasteiger partial charge >= 0.3 is 6.09 Å². The molecule has 0 atom stereocenters. The number of benzene rings is 1. The third kappa shape index (κ3) is 5.75. The van der Waals surface area contributed by atoms with E-state index in [4.69, 9.17) is 4.74 Å². The van der Waals surface area contributed by atoms with Crippen LogP contribution in [0.4, 0.5) is 22.0 Å². The lowest BCUT2D eigenvalue weighted by Gasteiger charge is -2.19. The largest absolute Gasteiger partial charge is 0.444 e. The van der Waals surface area contributed by atoms with Crippen molar-refractivity contribution in [2.75, 3.05) is 16.9 Å². The highest BCUT2D eigenvalue weighted by atomic mass is 32.2. The molecule has 132 valence electrons. The highest BCUT2D eigenvalue weighted by Crippen LogP contribution is 2.22. The summed E-state index contributed by atoms with van der Waals surface area (Å²) in [5.74, 6) is 0.406. The number of hydrogen-bond donors (Lipinski definition) is 2. The highest BCUT2D eigenvalue weighted by Gasteiger charge is 2.16. The summed E-state index contributed by atoms with van der Waals surface area (Å²) in [6.45, 7) is 5.39. The van der Waals surface area contributed by atoms with Crippen LogP contribution in [0.25, 0.3) is 0 Å². The normalized spacial score (nSPS) is 10.9. The second kappa shape index (κ2) is 7.98. The van der Waals surface area contributed by atoms with Gasteiger partial charge < -0.3 is 10.1 Å². The summed E-state index contributed by atoms with van der Waals surface area (Å²) >= 11 is 1.38. The van der Waals surface area contributed by atoms with Crippen LogP contribution in [0.5, 0.6) is 0 Å². The van der Waals surface area contributed by atoms with E-state index in [-0.39, 0.29) is 0 Å². The Labute approximate surface area is 150 Å². The van der Waals surface area contributed by atoms with Gasteiger partial charge in [-0.15, -0.1) is 0 Å². The van der Waals surface area contributed by atoms with Crippen LogP contribution in [0.3, 0.4) is 0 Å². The molecule has 1 amide bonds. The first-order valence-corrected chi connectivity index (χ1v) is 8.76. The van der Waals surface area contributed by atoms with Gasteiger partial charge in [0.1, 0.15) is 11.4 Å². The molecule has 0 aliphatic rings. The van der Waals surface area contributed by atoms with E-state index in [2.05, 4.69) is 20.6 Å². The van der Waals surface area contributed by atoms with Gasteiger partial charge in [-0.2, -0.15) is 0 Å². The number of aldehydes is 1. The molecule has 1 aromatic carbocycles. The third-order valence-corrected chi connectivity index (χ3v) is 3.44. The molecule has 2 aromatic rings. The molecule has 2 N–H and O–H groups in total. The molecular weight excluding hydrogens is 340 g/mol. The van der Waals surface area contributed by atoms with E-state index >= 15 is 0 Å². The monoisotopic (exact) mass is 360 g/mol. The van der Waals surface area contributed by atoms with E-state index in [9.17, 15) is 9.59 Å². The Balaban J connectivity index is 2.17. The highest BCUT2D eigenvalue weighted by molar-refractivity contribution is 7.98. The molecule has 0 unspecified atom stereocenters. The van der Waals surface area contributed by atoms with Crippen molar-refractivity contribution in [3.8, 4) is 0 Å². The molecular formula is C17H20N4O3S. The lowest BCUT2D eigenvalue weighted by Crippen LogP contribution is -2.27. The molecule has 0 aliphatic carbocycles. The molecule has 0 saturated carbocycles. The standard InChI is InChI=1S/C17H20N4O3S/c1-17(2,3)24-16(23)20-13-7-5-6-12(8-13)19-14-11(10-22)9-18-15(21-14)25-4/h5-10H,1-4H3,(H,20,23)(H,18,19,21). The Bertz CT molecular complexity index is 775. The van der Waals surface area contributed by atoms with Gasteiger partial charge in [0.05, 0.1) is 5.56 Å². The van der Waals surface area contributed by atoms with Crippen LogP contribution in [0.15, 0.2) is 35.6 Å². The molecule has 0 saturated heterocycles. The Hall–Kier alpha value is -2.61. The zero-order chi connectivity index (χ0) is 18.4. The van der Waals surface area contributed by atoms with E-state index in [1.807, 2.05) is 6.26 Å². The number of aromatic nitrogens is 2. The molecule has 8 heteroatoms. The number of nitrogens with zero attached hydrogens (tertiary/aromatic N) is 2. The van der Waals surface area contributed by atoms with Gasteiger partial charge in [-0.05, 0) is 45.2 Å². The number of carbonyl (C=O) groups excluding carboxylic acids is 2. The molecule has 0 radical (unpaired) electrons. The van der Waals surface area contributed by atoms with E-state index in [0.717, 1.165) is 0 Å². The molecule has 0 spiro atoms. The van der Waals surface area contributed by atoms with Crippen molar-refractivity contribution in [2.24, 2.45) is 0 Å². The zero-order valence-corrected chi connectivity index (χ0v) is 15.3. The molecule has 0 bridgehead atoms. The summed E-state index contributed by atoms with van der Waals surface area (Å²) in [4.78, 5) is 31.4. The smallest absolute Gasteiger partial charge is 0.412 e. The molecule has 25 heavy (non-hydrogen) atoms. The average Bonchev–Trinajstić information content (AvgIpc) is 2.53. The Morgan fingerprint density at radius 2 is 2.00 bits per heavy atom. The molecule has 0 aliphatic heterocycles. The van der Waals surface area contributed by atoms with E-state index < -0.39 is 11.7 Å². The molecule has 0 fully saturated rings. The van der Waals surface area contributed by atoms with Crippen molar-refractivity contribution in [2.45, 2.75) is 31.5 Å². The number of amides is 1. The number of ether oxygens (including phenoxy) is 1. The van der Waals surface area contributed by atoms with Crippen LogP contribution >= 0.6 is 11.8 Å². The predicted octanol–water partition coefficient (Wildman–Crippen LogP) is 4.10. The van der Waals surface area contributed by atoms with Crippen molar-refractivity contribution < 1.29 is 14.3 Å². The fourth-order valence-electron chi connectivity index (χ4n) is 1.89. The summed E-state index contributed by atoms with van der Waals surface area (Å²) in [6.07, 6.45) is 3.47. The first-order valence-electron chi connectivity index (χ1n) is 7.54. The first-order chi connectivity index (χ1) is 11.8. The Morgan fingerprint density at radius 1 is 1.28 bits per heavy atom. The van der Waals surface area contributed by atoms with Crippen molar-refractivity contribution >= 4 is 41.3 Å². The van der Waals surface area contributed by atoms with Crippen LogP contribution in [0.1, 0.15) is 31.1 Å². The maximum Gasteiger partial charge on any atom is 0.412 e. The average molecular weight is 360 g/mol. The van der Waals surface area contributed by atoms with Gasteiger partial charge in [0.2, 0.25) is 0 Å². The van der Waals surface area contributed by atoms with Crippen LogP contribution in [-0.4, -0.2) is 34.2 Å². The van der Waals surface area contributed by atoms with Crippen molar-refractivity contribution in [3.05, 3.63) is 36.0 Å². The molecule has 1 heterocycles. The quantitative estimate of drug-likeness (QED) is 0.471. The summed E-state index contributed by atoms with van der Waals surface area (Å²) in [5, 5.41) is 6.29. The minimum atomic E-state index is -0.575. The minimum absolute atomic E-state index is 0.350. The third-order valence-electron chi connectivity index (χ3n) is 2.88. The van der Waals surface area contributed by atoms with Gasteiger partial charge in [-0.1, -0.05) is 17.8 Å². The topological polar surface area (TPSA) is 93.2 Å². The fraction of sp³-hybridized carbons (Fsp3) is 0.294. The second-order valence-electron chi connectivity index (χ2n) is 6.11. The van der Waals surface area contributed by atoms with E-state index in [1.54, 1.807) is 45.0 Å². The van der Waals surface area contributed by atoms with Crippen molar-refractivity contribution in [3.63, 3.8) is 0 Å². The van der Waals surface area contributed by atoms with E-state index in [1.165, 1.54) is 18.0 Å². The van der Waals surface area contributed by atoms with Crippen LogP contribution in [0.2, 0.25) is 0 Å². The molecule has 1 aromatic heterocycles. The number of anilines is 3. The summed E-state index contributed by atoms with van der Waals surface area (Å²) in [6, 6.07) is 7.03. The number of thioether (sulfide) groups is 1. The van der Waals surface area contributed by atoms with Crippen molar-refractivity contribution in [1.82, 2.24) is 9.97 Å². The summed E-state index contributed by atoms with van der Waals surface area (Å²) in [5.41, 5.74) is 1.00. The number of rotatable bonds is 5. The molecule has 7 nitrogen and oxygen atoms in total. The number of nitrogens with one attached hydrogen (secondary N) is 2. The lowest BCUT2D eigenvalue weighted by molar-refractivity contribution is 0.0636. The van der Waals surface area contributed by atoms with E-state index in [0.29, 0.717) is 34.2 Å². The van der Waals surface area contributed by atoms with Gasteiger partial charge in [-0.3, -0.25) is 10.1 Å². The zero-order valence-electron chi connectivity index (χ0n) is 14.5. The van der Waals surface area contributed by atoms with Gasteiger partial charge in [0.25, 0.3) is 0 Å². The lowest BCUT2D eigenvalue weighted by atomic mass is 10.2. The molecule has 2 rings (SSSR count). The summed E-state index contributed by atoms with van der Waals surface area (Å²) < 4.78 is 5.23. The number of carbonyl (C=O) groups is 2. The maximum absolute atomic E-state index is 11.9. The van der Waals surface area contributed by atoms with Crippen LogP contribution < -0.4 is 10.6 Å². The SMILES string of the molecule is CSc1ncc(C=O)c(Nc2cccc(NC(=O)OC(C)(C)C)c2)n1. The van der Waals surface area contributed by atoms with Crippen LogP contribution in [0, 0.1) is 0 Å². The van der Waals surface area contributed by atoms with Crippen molar-refractivity contribution in [1.29, 1.82) is 0 Å². The van der Waals surface area contributed by atoms with Gasteiger partial charge in [-0.25, -0.2) is 14.8 Å². The summed E-state index contributed by atoms with van der Waals surface area (Å²) in [7, 11) is 0. The maximum atomic E-state index is 11.9. The second-order valence-corrected chi connectivity index (χ2v) is 6.88. The van der Waals surface area contributed by atoms with Gasteiger partial charge in [0, 0.05) is 17.6 Å². The predicted molar refractivity (Wildman–Crippen MR) is 98.8 cm³/mol. The minimum Gasteiger partial charge on any atom is -0.444 e. The first kappa shape index (κ1) is 18.7.